The molecule has 0 aromatic heterocycles. The minimum Gasteiger partial charge on any atom is -0.324 e. The maximum Gasteiger partial charge on any atom is 0.243 e. The smallest absolute Gasteiger partial charge is 0.243 e. The molecule has 2 aliphatic rings. The molecule has 1 N–H and O–H groups in total. The Bertz CT molecular complexity index is 1380. The van der Waals surface area contributed by atoms with Gasteiger partial charge in [0, 0.05) is 38.6 Å². The van der Waals surface area contributed by atoms with Gasteiger partial charge in [0.2, 0.25) is 21.8 Å². The van der Waals surface area contributed by atoms with Gasteiger partial charge in [-0.05, 0) is 42.0 Å². The van der Waals surface area contributed by atoms with Crippen molar-refractivity contribution in [2.75, 3.05) is 42.9 Å². The van der Waals surface area contributed by atoms with E-state index in [0.29, 0.717) is 37.6 Å². The fourth-order valence-corrected chi connectivity index (χ4v) is 6.30. The van der Waals surface area contributed by atoms with E-state index in [1.807, 2.05) is 60.4 Å². The summed E-state index contributed by atoms with van der Waals surface area (Å²) in [6.07, 6.45) is 0.220. The van der Waals surface area contributed by atoms with Gasteiger partial charge in [-0.1, -0.05) is 42.5 Å². The molecule has 1 unspecified atom stereocenters. The lowest BCUT2D eigenvalue weighted by Crippen LogP contribution is -2.52. The molecule has 8 nitrogen and oxygen atoms in total. The van der Waals surface area contributed by atoms with Gasteiger partial charge in [-0.15, -0.1) is 0 Å². The number of amides is 2. The van der Waals surface area contributed by atoms with Gasteiger partial charge < -0.3 is 10.2 Å². The van der Waals surface area contributed by atoms with Gasteiger partial charge in [-0.2, -0.15) is 4.31 Å². The lowest BCUT2D eigenvalue weighted by atomic mass is 10.1. The van der Waals surface area contributed by atoms with Crippen LogP contribution in [0.1, 0.15) is 13.3 Å². The van der Waals surface area contributed by atoms with Crippen LogP contribution >= 0.6 is 0 Å². The highest BCUT2D eigenvalue weighted by molar-refractivity contribution is 7.89. The average Bonchev–Trinajstić information content (AvgIpc) is 2.98. The number of anilines is 2. The minimum absolute atomic E-state index is 0.104. The van der Waals surface area contributed by atoms with Gasteiger partial charge in [0.1, 0.15) is 0 Å². The number of fused-ring (bicyclic) bond motifs is 2. The van der Waals surface area contributed by atoms with Crippen molar-refractivity contribution >= 4 is 44.0 Å². The standard InChI is InChI=1S/C26H28N4O4S/c1-19-16-25(31)27-23-8-4-5-9-24(23)30(19)26(32)18-28-12-14-29(15-13-28)35(33,34)22-11-10-20-6-2-3-7-21(20)17-22/h2-11,17,19H,12-16,18H2,1H3,(H,27,31). The number of benzene rings is 3. The molecule has 2 amide bonds. The van der Waals surface area contributed by atoms with Crippen LogP contribution in [0.2, 0.25) is 0 Å². The van der Waals surface area contributed by atoms with E-state index in [1.165, 1.54) is 4.31 Å². The number of hydrogen-bond donors (Lipinski definition) is 1. The highest BCUT2D eigenvalue weighted by Crippen LogP contribution is 2.31. The highest BCUT2D eigenvalue weighted by Gasteiger charge is 2.33. The Hall–Kier alpha value is -3.27. The number of carbonyl (C=O) groups is 2. The second kappa shape index (κ2) is 9.41. The minimum atomic E-state index is -3.62. The van der Waals surface area contributed by atoms with Crippen molar-refractivity contribution in [2.24, 2.45) is 0 Å². The van der Waals surface area contributed by atoms with Crippen LogP contribution in [0.3, 0.4) is 0 Å². The summed E-state index contributed by atoms with van der Waals surface area (Å²) in [6.45, 7) is 3.58. The first-order valence-corrected chi connectivity index (χ1v) is 13.2. The number of piperazine rings is 1. The Balaban J connectivity index is 1.26. The molecule has 2 aliphatic heterocycles. The number of hydrogen-bond acceptors (Lipinski definition) is 5. The maximum absolute atomic E-state index is 13.3. The summed E-state index contributed by atoms with van der Waals surface area (Å²) in [5.41, 5.74) is 1.31. The van der Waals surface area contributed by atoms with Crippen molar-refractivity contribution in [2.45, 2.75) is 24.3 Å². The van der Waals surface area contributed by atoms with E-state index < -0.39 is 10.0 Å². The van der Waals surface area contributed by atoms with E-state index in [0.717, 1.165) is 10.8 Å². The Morgan fingerprint density at radius 2 is 1.63 bits per heavy atom. The number of sulfonamides is 1. The van der Waals surface area contributed by atoms with Crippen LogP contribution in [0.25, 0.3) is 10.8 Å². The molecule has 2 heterocycles. The van der Waals surface area contributed by atoms with Gasteiger partial charge in [-0.3, -0.25) is 14.5 Å². The van der Waals surface area contributed by atoms with E-state index in [9.17, 15) is 18.0 Å². The summed E-state index contributed by atoms with van der Waals surface area (Å²) in [6, 6.07) is 19.9. The maximum atomic E-state index is 13.3. The van der Waals surface area contributed by atoms with Crippen LogP contribution in [0, 0.1) is 0 Å². The quantitative estimate of drug-likeness (QED) is 0.605. The molecule has 0 bridgehead atoms. The molecule has 5 rings (SSSR count). The summed E-state index contributed by atoms with van der Waals surface area (Å²) in [4.78, 5) is 29.5. The molecule has 1 fully saturated rings. The number of para-hydroxylation sites is 2. The molecule has 1 saturated heterocycles. The third-order valence-electron chi connectivity index (χ3n) is 6.68. The molecule has 182 valence electrons. The molecule has 0 aliphatic carbocycles. The Morgan fingerprint density at radius 3 is 2.40 bits per heavy atom. The molecular weight excluding hydrogens is 464 g/mol. The third kappa shape index (κ3) is 4.67. The molecule has 0 radical (unpaired) electrons. The largest absolute Gasteiger partial charge is 0.324 e. The fraction of sp³-hybridized carbons (Fsp3) is 0.308. The number of carbonyl (C=O) groups excluding carboxylic acids is 2. The van der Waals surface area contributed by atoms with Crippen LogP contribution in [0.15, 0.2) is 71.6 Å². The Labute approximate surface area is 205 Å². The van der Waals surface area contributed by atoms with Crippen molar-refractivity contribution < 1.29 is 18.0 Å². The van der Waals surface area contributed by atoms with E-state index in [4.69, 9.17) is 0 Å². The second-order valence-electron chi connectivity index (χ2n) is 9.07. The topological polar surface area (TPSA) is 90.0 Å². The SMILES string of the molecule is CC1CC(=O)Nc2ccccc2N1C(=O)CN1CCN(S(=O)(=O)c2ccc3ccccc3c2)CC1. The predicted octanol–water partition coefficient (Wildman–Crippen LogP) is 2.91. The van der Waals surface area contributed by atoms with Crippen LogP contribution in [-0.4, -0.2) is 68.2 Å². The van der Waals surface area contributed by atoms with Crippen molar-refractivity contribution in [1.29, 1.82) is 0 Å². The van der Waals surface area contributed by atoms with E-state index in [2.05, 4.69) is 5.32 Å². The van der Waals surface area contributed by atoms with Gasteiger partial charge >= 0.3 is 0 Å². The molecule has 35 heavy (non-hydrogen) atoms. The lowest BCUT2D eigenvalue weighted by Gasteiger charge is -2.35. The van der Waals surface area contributed by atoms with Crippen LogP contribution in [0.5, 0.6) is 0 Å². The number of rotatable bonds is 4. The van der Waals surface area contributed by atoms with Crippen molar-refractivity contribution in [3.63, 3.8) is 0 Å². The van der Waals surface area contributed by atoms with Crippen LogP contribution in [0.4, 0.5) is 11.4 Å². The van der Waals surface area contributed by atoms with Crippen LogP contribution in [-0.2, 0) is 19.6 Å². The van der Waals surface area contributed by atoms with Gasteiger partial charge in [-0.25, -0.2) is 8.42 Å². The van der Waals surface area contributed by atoms with E-state index in [-0.39, 0.29) is 35.7 Å². The molecule has 3 aromatic carbocycles. The molecule has 3 aromatic rings. The molecular formula is C26H28N4O4S. The summed E-state index contributed by atoms with van der Waals surface area (Å²) < 4.78 is 28.0. The normalized spacial score (nSPS) is 19.7. The second-order valence-corrected chi connectivity index (χ2v) is 11.0. The zero-order valence-electron chi connectivity index (χ0n) is 19.6. The monoisotopic (exact) mass is 492 g/mol. The first-order chi connectivity index (χ1) is 16.8. The van der Waals surface area contributed by atoms with Gasteiger partial charge in [0.05, 0.1) is 22.8 Å². The zero-order valence-corrected chi connectivity index (χ0v) is 20.4. The molecule has 0 saturated carbocycles. The summed E-state index contributed by atoms with van der Waals surface area (Å²) in [7, 11) is -3.62. The van der Waals surface area contributed by atoms with E-state index in [1.54, 1.807) is 23.1 Å². The molecule has 0 spiro atoms. The first-order valence-electron chi connectivity index (χ1n) is 11.8. The molecule has 9 heteroatoms. The lowest BCUT2D eigenvalue weighted by molar-refractivity contribution is -0.120. The highest BCUT2D eigenvalue weighted by atomic mass is 32.2. The van der Waals surface area contributed by atoms with Crippen molar-refractivity contribution in [1.82, 2.24) is 9.21 Å². The Morgan fingerprint density at radius 1 is 0.943 bits per heavy atom. The zero-order chi connectivity index (χ0) is 24.6. The van der Waals surface area contributed by atoms with Gasteiger partial charge in [0.15, 0.2) is 0 Å². The first kappa shape index (κ1) is 23.5. The third-order valence-corrected chi connectivity index (χ3v) is 8.57. The van der Waals surface area contributed by atoms with Crippen molar-refractivity contribution in [3.8, 4) is 0 Å². The fourth-order valence-electron chi connectivity index (χ4n) is 4.84. The number of nitrogens with one attached hydrogen (secondary N) is 1. The van der Waals surface area contributed by atoms with E-state index >= 15 is 0 Å². The molecule has 1 atom stereocenters. The Kier molecular flexibility index (Phi) is 6.31. The summed E-state index contributed by atoms with van der Waals surface area (Å²) in [5.74, 6) is -0.222. The predicted molar refractivity (Wildman–Crippen MR) is 136 cm³/mol. The van der Waals surface area contributed by atoms with Crippen LogP contribution < -0.4 is 10.2 Å². The average molecular weight is 493 g/mol. The number of nitrogens with zero attached hydrogens (tertiary/aromatic N) is 3. The van der Waals surface area contributed by atoms with Crippen molar-refractivity contribution in [3.05, 3.63) is 66.7 Å². The van der Waals surface area contributed by atoms with Gasteiger partial charge in [0.25, 0.3) is 0 Å². The summed E-state index contributed by atoms with van der Waals surface area (Å²) >= 11 is 0. The summed E-state index contributed by atoms with van der Waals surface area (Å²) in [5, 5.41) is 4.75.